The third-order valence-corrected chi connectivity index (χ3v) is 2.43. The van der Waals surface area contributed by atoms with E-state index in [4.69, 9.17) is 9.47 Å². The van der Waals surface area contributed by atoms with Gasteiger partial charge in [-0.2, -0.15) is 0 Å². The molecule has 0 saturated heterocycles. The molecule has 104 valence electrons. The lowest BCUT2D eigenvalue weighted by molar-refractivity contribution is -0.136. The molecule has 0 aliphatic carbocycles. The van der Waals surface area contributed by atoms with Gasteiger partial charge in [-0.05, 0) is 37.0 Å². The molecule has 1 aromatic rings. The molecule has 1 aromatic carbocycles. The highest BCUT2D eigenvalue weighted by Gasteiger charge is 2.16. The Hall–Kier alpha value is -1.84. The Morgan fingerprint density at radius 3 is 2.32 bits per heavy atom. The average Bonchev–Trinajstić information content (AvgIpc) is 2.21. The van der Waals surface area contributed by atoms with E-state index >= 15 is 0 Å². The van der Waals surface area contributed by atoms with Crippen LogP contribution in [0.15, 0.2) is 12.1 Å². The average molecular weight is 264 g/mol. The number of ether oxygens (including phenoxy) is 2. The highest BCUT2D eigenvalue weighted by Crippen LogP contribution is 2.33. The summed E-state index contributed by atoms with van der Waals surface area (Å²) < 4.78 is 10.4. The van der Waals surface area contributed by atoms with E-state index in [1.165, 1.54) is 6.92 Å². The zero-order valence-electron chi connectivity index (χ0n) is 12.1. The van der Waals surface area contributed by atoms with Gasteiger partial charge in [0.1, 0.15) is 0 Å². The van der Waals surface area contributed by atoms with Crippen molar-refractivity contribution in [1.29, 1.82) is 0 Å². The first kappa shape index (κ1) is 15.2. The molecule has 0 aliphatic heterocycles. The molecule has 4 heteroatoms. The summed E-state index contributed by atoms with van der Waals surface area (Å²) in [4.78, 5) is 22.8. The van der Waals surface area contributed by atoms with Crippen LogP contribution in [0.1, 0.15) is 38.3 Å². The van der Waals surface area contributed by atoms with Gasteiger partial charge in [0.25, 0.3) is 0 Å². The van der Waals surface area contributed by atoms with Crippen LogP contribution in [0.3, 0.4) is 0 Å². The number of carbonyl (C=O) groups excluding carboxylic acids is 2. The minimum Gasteiger partial charge on any atom is -0.423 e. The minimum absolute atomic E-state index is 0.218. The number of benzene rings is 1. The Morgan fingerprint density at radius 1 is 1.16 bits per heavy atom. The fourth-order valence-electron chi connectivity index (χ4n) is 1.77. The zero-order chi connectivity index (χ0) is 14.6. The number of hydrogen-bond acceptors (Lipinski definition) is 4. The number of rotatable bonds is 4. The van der Waals surface area contributed by atoms with Crippen LogP contribution in [0.5, 0.6) is 11.5 Å². The van der Waals surface area contributed by atoms with Crippen molar-refractivity contribution in [2.75, 3.05) is 0 Å². The number of hydrogen-bond donors (Lipinski definition) is 0. The van der Waals surface area contributed by atoms with Crippen LogP contribution < -0.4 is 9.47 Å². The number of esters is 2. The van der Waals surface area contributed by atoms with Crippen molar-refractivity contribution in [1.82, 2.24) is 0 Å². The fraction of sp³-hybridized carbons (Fsp3) is 0.467. The van der Waals surface area contributed by atoms with Gasteiger partial charge in [0, 0.05) is 13.3 Å². The van der Waals surface area contributed by atoms with Crippen molar-refractivity contribution < 1.29 is 19.1 Å². The Labute approximate surface area is 113 Å². The molecule has 0 radical (unpaired) electrons. The van der Waals surface area contributed by atoms with Crippen molar-refractivity contribution in [3.8, 4) is 11.5 Å². The zero-order valence-corrected chi connectivity index (χ0v) is 12.1. The second kappa shape index (κ2) is 6.36. The van der Waals surface area contributed by atoms with E-state index in [9.17, 15) is 9.59 Å². The molecule has 0 saturated carbocycles. The quantitative estimate of drug-likeness (QED) is 0.619. The van der Waals surface area contributed by atoms with Gasteiger partial charge < -0.3 is 9.47 Å². The molecule has 19 heavy (non-hydrogen) atoms. The van der Waals surface area contributed by atoms with E-state index < -0.39 is 5.97 Å². The lowest BCUT2D eigenvalue weighted by atomic mass is 10.1. The maximum absolute atomic E-state index is 11.7. The van der Waals surface area contributed by atoms with Crippen LogP contribution in [-0.2, 0) is 9.59 Å². The number of aryl methyl sites for hydroxylation is 2. The highest BCUT2D eigenvalue weighted by atomic mass is 16.6. The molecule has 0 fully saturated rings. The molecule has 0 spiro atoms. The molecule has 0 N–H and O–H groups in total. The van der Waals surface area contributed by atoms with Gasteiger partial charge in [-0.3, -0.25) is 9.59 Å². The molecule has 0 aromatic heterocycles. The van der Waals surface area contributed by atoms with E-state index in [1.54, 1.807) is 6.07 Å². The number of carbonyl (C=O) groups is 2. The standard InChI is InChI=1S/C15H20O4/c1-9(2)6-14(17)19-15-11(4)7-10(3)8-13(15)18-12(5)16/h7-9H,6H2,1-5H3. The molecule has 0 amide bonds. The predicted molar refractivity (Wildman–Crippen MR) is 72.3 cm³/mol. The maximum Gasteiger partial charge on any atom is 0.311 e. The molecule has 0 aliphatic rings. The first-order valence-electron chi connectivity index (χ1n) is 6.30. The van der Waals surface area contributed by atoms with Crippen molar-refractivity contribution in [2.45, 2.75) is 41.0 Å². The minimum atomic E-state index is -0.439. The van der Waals surface area contributed by atoms with Crippen LogP contribution in [-0.4, -0.2) is 11.9 Å². The third-order valence-electron chi connectivity index (χ3n) is 2.43. The lowest BCUT2D eigenvalue weighted by Gasteiger charge is -2.14. The second-order valence-corrected chi connectivity index (χ2v) is 5.07. The van der Waals surface area contributed by atoms with E-state index in [-0.39, 0.29) is 11.9 Å². The van der Waals surface area contributed by atoms with Crippen molar-refractivity contribution in [2.24, 2.45) is 5.92 Å². The fourth-order valence-corrected chi connectivity index (χ4v) is 1.77. The predicted octanol–water partition coefficient (Wildman–Crippen LogP) is 3.18. The summed E-state index contributed by atoms with van der Waals surface area (Å²) in [6, 6.07) is 3.57. The van der Waals surface area contributed by atoms with E-state index in [0.717, 1.165) is 11.1 Å². The molecule has 0 atom stereocenters. The molecular formula is C15H20O4. The normalized spacial score (nSPS) is 10.4. The van der Waals surface area contributed by atoms with Crippen molar-refractivity contribution >= 4 is 11.9 Å². The van der Waals surface area contributed by atoms with Gasteiger partial charge in [-0.25, -0.2) is 0 Å². The van der Waals surface area contributed by atoms with Crippen molar-refractivity contribution in [3.05, 3.63) is 23.3 Å². The largest absolute Gasteiger partial charge is 0.423 e. The molecule has 0 heterocycles. The summed E-state index contributed by atoms with van der Waals surface area (Å²) in [5.41, 5.74) is 1.71. The van der Waals surface area contributed by atoms with Crippen LogP contribution in [0.4, 0.5) is 0 Å². The monoisotopic (exact) mass is 264 g/mol. The summed E-state index contributed by atoms with van der Waals surface area (Å²) >= 11 is 0. The molecule has 4 nitrogen and oxygen atoms in total. The Morgan fingerprint density at radius 2 is 1.79 bits per heavy atom. The third kappa shape index (κ3) is 4.73. The van der Waals surface area contributed by atoms with Crippen LogP contribution >= 0.6 is 0 Å². The first-order valence-corrected chi connectivity index (χ1v) is 6.30. The SMILES string of the molecule is CC(=O)Oc1cc(C)cc(C)c1OC(=O)CC(C)C. The molecule has 0 bridgehead atoms. The van der Waals surface area contributed by atoms with Gasteiger partial charge >= 0.3 is 11.9 Å². The summed E-state index contributed by atoms with van der Waals surface area (Å²) in [7, 11) is 0. The van der Waals surface area contributed by atoms with Gasteiger partial charge in [0.15, 0.2) is 11.5 Å². The summed E-state index contributed by atoms with van der Waals surface area (Å²) in [6.07, 6.45) is 0.326. The smallest absolute Gasteiger partial charge is 0.311 e. The Bertz CT molecular complexity index is 489. The molecule has 0 unspecified atom stereocenters. The maximum atomic E-state index is 11.7. The Balaban J connectivity index is 3.03. The first-order chi connectivity index (χ1) is 8.79. The van der Waals surface area contributed by atoms with Crippen LogP contribution in [0.2, 0.25) is 0 Å². The van der Waals surface area contributed by atoms with Crippen LogP contribution in [0.25, 0.3) is 0 Å². The van der Waals surface area contributed by atoms with E-state index in [0.29, 0.717) is 17.9 Å². The van der Waals surface area contributed by atoms with Gasteiger partial charge in [0.2, 0.25) is 0 Å². The topological polar surface area (TPSA) is 52.6 Å². The van der Waals surface area contributed by atoms with Crippen LogP contribution in [0, 0.1) is 19.8 Å². The van der Waals surface area contributed by atoms with Gasteiger partial charge in [0.05, 0.1) is 0 Å². The highest BCUT2D eigenvalue weighted by molar-refractivity contribution is 5.76. The summed E-state index contributed by atoms with van der Waals surface area (Å²) in [5.74, 6) is 0.0745. The summed E-state index contributed by atoms with van der Waals surface area (Å²) in [6.45, 7) is 8.90. The lowest BCUT2D eigenvalue weighted by Crippen LogP contribution is -2.13. The summed E-state index contributed by atoms with van der Waals surface area (Å²) in [5, 5.41) is 0. The molecular weight excluding hydrogens is 244 g/mol. The Kier molecular flexibility index (Phi) is 5.10. The van der Waals surface area contributed by atoms with Crippen molar-refractivity contribution in [3.63, 3.8) is 0 Å². The van der Waals surface area contributed by atoms with E-state index in [2.05, 4.69) is 0 Å². The molecule has 1 rings (SSSR count). The van der Waals surface area contributed by atoms with Gasteiger partial charge in [-0.1, -0.05) is 19.9 Å². The van der Waals surface area contributed by atoms with Gasteiger partial charge in [-0.15, -0.1) is 0 Å². The van der Waals surface area contributed by atoms with E-state index in [1.807, 2.05) is 33.8 Å². The second-order valence-electron chi connectivity index (χ2n) is 5.07.